The van der Waals surface area contributed by atoms with E-state index in [0.717, 1.165) is 109 Å². The van der Waals surface area contributed by atoms with Crippen molar-refractivity contribution in [2.45, 2.75) is 341 Å². The van der Waals surface area contributed by atoms with Gasteiger partial charge < -0.3 is 33.8 Å². The molecule has 102 heavy (non-hydrogen) atoms. The summed E-state index contributed by atoms with van der Waals surface area (Å²) in [5.74, 6) is -2.33. The lowest BCUT2D eigenvalue weighted by Crippen LogP contribution is -2.30. The highest BCUT2D eigenvalue weighted by atomic mass is 31.2. The number of unbranched alkanes of at least 4 members (excludes halogenated alkanes) is 28. The van der Waals surface area contributed by atoms with Crippen LogP contribution in [0.1, 0.15) is 323 Å². The molecule has 5 atom stereocenters. The van der Waals surface area contributed by atoms with Crippen LogP contribution in [0, 0.1) is 0 Å². The Balaban J connectivity index is 5.45. The lowest BCUT2D eigenvalue weighted by molar-refractivity contribution is -0.161. The molecule has 0 spiro atoms. The van der Waals surface area contributed by atoms with E-state index in [1.54, 1.807) is 0 Å². The number of ether oxygens (including phenoxy) is 4. The molecule has 0 saturated carbocycles. The van der Waals surface area contributed by atoms with Crippen LogP contribution in [0.3, 0.4) is 0 Å². The van der Waals surface area contributed by atoms with Crippen molar-refractivity contribution < 1.29 is 80.2 Å². The van der Waals surface area contributed by atoms with Gasteiger partial charge in [-0.2, -0.15) is 0 Å². The maximum absolute atomic E-state index is 13.1. The number of allylic oxidation sites excluding steroid dienone is 20. The lowest BCUT2D eigenvalue weighted by Gasteiger charge is -2.21. The fourth-order valence-electron chi connectivity index (χ4n) is 10.4. The number of rotatable bonds is 74. The quantitative estimate of drug-likeness (QED) is 0.0169. The maximum atomic E-state index is 13.1. The molecule has 0 aromatic heterocycles. The van der Waals surface area contributed by atoms with Crippen molar-refractivity contribution in [1.29, 1.82) is 0 Å². The van der Waals surface area contributed by atoms with Crippen LogP contribution >= 0.6 is 15.6 Å². The Hall–Kier alpha value is -4.54. The summed E-state index contributed by atoms with van der Waals surface area (Å²) in [6.45, 7) is 4.61. The first-order valence-electron chi connectivity index (χ1n) is 39.8. The van der Waals surface area contributed by atoms with E-state index in [9.17, 15) is 43.2 Å². The number of carbonyl (C=O) groups is 4. The molecular formula is C83H142O17P2. The zero-order valence-electron chi connectivity index (χ0n) is 64.0. The van der Waals surface area contributed by atoms with E-state index in [1.807, 2.05) is 30.4 Å². The molecule has 0 amide bonds. The molecule has 0 aliphatic heterocycles. The molecule has 0 aromatic carbocycles. The lowest BCUT2D eigenvalue weighted by atomic mass is 10.0. The minimum atomic E-state index is -5.00. The van der Waals surface area contributed by atoms with Gasteiger partial charge in [0.1, 0.15) is 19.3 Å². The zero-order chi connectivity index (χ0) is 74.6. The van der Waals surface area contributed by atoms with Gasteiger partial charge in [-0.25, -0.2) is 9.13 Å². The van der Waals surface area contributed by atoms with Gasteiger partial charge in [0.2, 0.25) is 0 Å². The van der Waals surface area contributed by atoms with Crippen molar-refractivity contribution in [1.82, 2.24) is 0 Å². The van der Waals surface area contributed by atoms with Gasteiger partial charge in [0.15, 0.2) is 12.2 Å². The average molecular weight is 1470 g/mol. The largest absolute Gasteiger partial charge is 0.472 e. The van der Waals surface area contributed by atoms with Gasteiger partial charge in [0.05, 0.1) is 26.4 Å². The number of aliphatic hydroxyl groups excluding tert-OH is 1. The van der Waals surface area contributed by atoms with Crippen LogP contribution in [0.5, 0.6) is 0 Å². The van der Waals surface area contributed by atoms with E-state index in [0.29, 0.717) is 38.5 Å². The Labute approximate surface area is 619 Å². The summed E-state index contributed by atoms with van der Waals surface area (Å²) in [5.41, 5.74) is 0. The van der Waals surface area contributed by atoms with Gasteiger partial charge in [-0.3, -0.25) is 37.3 Å². The molecular weight excluding hydrogens is 1330 g/mol. The number of phosphoric acid groups is 2. The zero-order valence-corrected chi connectivity index (χ0v) is 65.8. The molecule has 17 nitrogen and oxygen atoms in total. The van der Waals surface area contributed by atoms with Crippen molar-refractivity contribution in [3.05, 3.63) is 122 Å². The highest BCUT2D eigenvalue weighted by Crippen LogP contribution is 2.45. The fourth-order valence-corrected chi connectivity index (χ4v) is 12.0. The Kier molecular flexibility index (Phi) is 71.4. The van der Waals surface area contributed by atoms with Crippen LogP contribution in [0.25, 0.3) is 0 Å². The molecule has 3 N–H and O–H groups in total. The first kappa shape index (κ1) is 97.5. The van der Waals surface area contributed by atoms with E-state index in [-0.39, 0.29) is 25.7 Å². The number of hydrogen-bond acceptors (Lipinski definition) is 15. The normalized spacial score (nSPS) is 14.5. The van der Waals surface area contributed by atoms with Gasteiger partial charge in [0.25, 0.3) is 0 Å². The predicted molar refractivity (Wildman–Crippen MR) is 418 cm³/mol. The van der Waals surface area contributed by atoms with E-state index in [2.05, 4.69) is 119 Å². The highest BCUT2D eigenvalue weighted by molar-refractivity contribution is 7.47. The molecule has 586 valence electrons. The second kappa shape index (κ2) is 74.7. The molecule has 2 unspecified atom stereocenters. The SMILES string of the molecule is CC/C=C\C/C=C\C/C=C\C/C=C\C/C=C\C/C=C\CCC(=O)O[C@H](COC(=O)CCCCCCCCCCCCCCC)COP(=O)(O)OC[C@H](O)COP(=O)(O)OC[C@@H](COC(=O)CCC/C=C\C/C=C\C/C=C\C/C=C\CCCCC)OC(=O)CCCCCCCCCCCCCCC. The summed E-state index contributed by atoms with van der Waals surface area (Å²) in [6.07, 6.45) is 82.0. The molecule has 0 saturated heterocycles. The first-order valence-corrected chi connectivity index (χ1v) is 42.8. The number of esters is 4. The third-order valence-corrected chi connectivity index (χ3v) is 18.4. The van der Waals surface area contributed by atoms with Gasteiger partial charge in [-0.15, -0.1) is 0 Å². The summed E-state index contributed by atoms with van der Waals surface area (Å²) in [5, 5.41) is 10.6. The Bertz CT molecular complexity index is 2410. The number of phosphoric ester groups is 2. The second-order valence-corrected chi connectivity index (χ2v) is 29.2. The molecule has 0 fully saturated rings. The first-order chi connectivity index (χ1) is 49.7. The molecule has 0 aromatic rings. The van der Waals surface area contributed by atoms with Crippen molar-refractivity contribution >= 4 is 39.5 Å². The van der Waals surface area contributed by atoms with E-state index in [1.165, 1.54) is 122 Å². The predicted octanol–water partition coefficient (Wildman–Crippen LogP) is 23.1. The topological polar surface area (TPSA) is 237 Å². The minimum Gasteiger partial charge on any atom is -0.462 e. The van der Waals surface area contributed by atoms with Crippen LogP contribution in [0.15, 0.2) is 122 Å². The summed E-state index contributed by atoms with van der Waals surface area (Å²) in [7, 11) is -9.99. The standard InChI is InChI=1S/C83H142O17P2/c1-5-9-13-17-21-25-29-33-35-37-38-40-42-46-50-54-58-62-66-70-83(88)100-79(73-93-80(85)67-63-59-55-51-47-43-31-27-23-19-15-11-7-3)76-98-102(91,92)96-72-77(84)71-95-101(89,90)97-75-78(99-82(87)69-65-61-57-53-49-44-32-28-24-20-16-12-8-4)74-94-81(86)68-64-60-56-52-48-45-41-39-36-34-30-26-22-18-14-10-6-2/h9,13,21-22,25-26,33-36,38,40-41,45-46,50,52,56,58,62,77-79,84H,5-8,10-12,14-20,23-24,27-32,37,39,42-44,47-49,51,53-55,57,59-61,63-76H2,1-4H3,(H,89,90)(H,91,92)/b13-9-,25-21-,26-22-,35-33-,36-34-,40-38-,45-41-,50-46-,56-52-,62-58-/t77-,78-,79-/m1/s1. The molecule has 0 rings (SSSR count). The van der Waals surface area contributed by atoms with Crippen molar-refractivity contribution in [2.24, 2.45) is 0 Å². The minimum absolute atomic E-state index is 0.0312. The number of carbonyl (C=O) groups excluding carboxylic acids is 4. The van der Waals surface area contributed by atoms with Crippen molar-refractivity contribution in [3.63, 3.8) is 0 Å². The average Bonchev–Trinajstić information content (AvgIpc) is 0.907. The van der Waals surface area contributed by atoms with Gasteiger partial charge in [0, 0.05) is 25.7 Å². The molecule has 0 bridgehead atoms. The van der Waals surface area contributed by atoms with Crippen LogP contribution in [-0.4, -0.2) is 96.7 Å². The smallest absolute Gasteiger partial charge is 0.462 e. The molecule has 0 radical (unpaired) electrons. The van der Waals surface area contributed by atoms with Crippen LogP contribution < -0.4 is 0 Å². The molecule has 0 heterocycles. The second-order valence-electron chi connectivity index (χ2n) is 26.3. The van der Waals surface area contributed by atoms with Gasteiger partial charge in [-0.05, 0) is 103 Å². The third kappa shape index (κ3) is 73.8. The summed E-state index contributed by atoms with van der Waals surface area (Å²) in [6, 6.07) is 0. The monoisotopic (exact) mass is 1470 g/mol. The summed E-state index contributed by atoms with van der Waals surface area (Å²) >= 11 is 0. The van der Waals surface area contributed by atoms with Crippen LogP contribution in [0.4, 0.5) is 0 Å². The molecule has 19 heteroatoms. The number of hydrogen-bond donors (Lipinski definition) is 3. The van der Waals surface area contributed by atoms with E-state index < -0.39 is 97.5 Å². The highest BCUT2D eigenvalue weighted by Gasteiger charge is 2.30. The van der Waals surface area contributed by atoms with Crippen LogP contribution in [0.2, 0.25) is 0 Å². The maximum Gasteiger partial charge on any atom is 0.472 e. The van der Waals surface area contributed by atoms with Crippen molar-refractivity contribution in [2.75, 3.05) is 39.6 Å². The van der Waals surface area contributed by atoms with Gasteiger partial charge in [-0.1, -0.05) is 316 Å². The summed E-state index contributed by atoms with van der Waals surface area (Å²) in [4.78, 5) is 72.9. The number of aliphatic hydroxyl groups is 1. The van der Waals surface area contributed by atoms with Crippen LogP contribution in [-0.2, 0) is 65.4 Å². The Morgan fingerprint density at radius 3 is 0.882 bits per heavy atom. The van der Waals surface area contributed by atoms with E-state index in [4.69, 9.17) is 37.0 Å². The van der Waals surface area contributed by atoms with E-state index >= 15 is 0 Å². The fraction of sp³-hybridized carbons (Fsp3) is 0.711. The summed E-state index contributed by atoms with van der Waals surface area (Å²) < 4.78 is 68.4. The van der Waals surface area contributed by atoms with Crippen molar-refractivity contribution in [3.8, 4) is 0 Å². The Morgan fingerprint density at radius 2 is 0.539 bits per heavy atom. The molecule has 0 aliphatic rings. The molecule has 0 aliphatic carbocycles. The Morgan fingerprint density at radius 1 is 0.284 bits per heavy atom. The third-order valence-electron chi connectivity index (χ3n) is 16.5. The van der Waals surface area contributed by atoms with Gasteiger partial charge >= 0.3 is 39.5 Å².